The first-order valence-electron chi connectivity index (χ1n) is 7.84. The molecule has 0 fully saturated rings. The minimum absolute atomic E-state index is 0.526. The predicted octanol–water partition coefficient (Wildman–Crippen LogP) is 6.76. The lowest BCUT2D eigenvalue weighted by molar-refractivity contribution is 1.19. The summed E-state index contributed by atoms with van der Waals surface area (Å²) < 4.78 is 0. The third kappa shape index (κ3) is 3.77. The number of hydrazone groups is 1. The lowest BCUT2D eigenvalue weighted by atomic mass is 10.1. The molecule has 0 bridgehead atoms. The van der Waals surface area contributed by atoms with Gasteiger partial charge in [-0.15, -0.1) is 11.3 Å². The molecule has 0 saturated carbocycles. The minimum atomic E-state index is 0.526. The maximum atomic E-state index is 6.17. The van der Waals surface area contributed by atoms with Crippen molar-refractivity contribution >= 4 is 68.4 Å². The molecule has 0 saturated heterocycles. The monoisotopic (exact) mass is 432 g/mol. The lowest BCUT2D eigenvalue weighted by Gasteiger charge is -2.05. The molecule has 2 aromatic heterocycles. The van der Waals surface area contributed by atoms with Gasteiger partial charge in [-0.05, 0) is 29.8 Å². The highest BCUT2D eigenvalue weighted by Gasteiger charge is 2.13. The van der Waals surface area contributed by atoms with Crippen LogP contribution in [0.2, 0.25) is 15.1 Å². The Morgan fingerprint density at radius 2 is 1.70 bits per heavy atom. The maximum absolute atomic E-state index is 6.17. The van der Waals surface area contributed by atoms with Gasteiger partial charge >= 0.3 is 0 Å². The van der Waals surface area contributed by atoms with Crippen molar-refractivity contribution < 1.29 is 0 Å². The summed E-state index contributed by atoms with van der Waals surface area (Å²) in [6.45, 7) is 0. The topological polar surface area (TPSA) is 50.2 Å². The number of anilines is 1. The summed E-state index contributed by atoms with van der Waals surface area (Å²) in [5.41, 5.74) is 5.66. The van der Waals surface area contributed by atoms with Crippen molar-refractivity contribution in [1.82, 2.24) is 9.97 Å². The summed E-state index contributed by atoms with van der Waals surface area (Å²) in [5, 5.41) is 8.94. The zero-order valence-electron chi connectivity index (χ0n) is 13.7. The van der Waals surface area contributed by atoms with Crippen LogP contribution in [0, 0.1) is 0 Å². The third-order valence-electron chi connectivity index (χ3n) is 3.89. The first kappa shape index (κ1) is 18.2. The van der Waals surface area contributed by atoms with Gasteiger partial charge in [-0.25, -0.2) is 9.97 Å². The van der Waals surface area contributed by atoms with Crippen LogP contribution in [0.25, 0.3) is 21.3 Å². The van der Waals surface area contributed by atoms with E-state index in [0.717, 1.165) is 21.3 Å². The molecule has 0 aliphatic rings. The molecule has 8 heteroatoms. The fourth-order valence-corrected chi connectivity index (χ4v) is 4.13. The van der Waals surface area contributed by atoms with E-state index in [2.05, 4.69) is 20.5 Å². The zero-order chi connectivity index (χ0) is 18.8. The number of nitrogens with zero attached hydrogens (tertiary/aromatic N) is 3. The SMILES string of the molecule is Clc1ccc(-c2csc3ncnc(N/N=C/c4c(Cl)cccc4Cl)c23)cc1. The summed E-state index contributed by atoms with van der Waals surface area (Å²) in [6, 6.07) is 12.9. The van der Waals surface area contributed by atoms with E-state index in [4.69, 9.17) is 34.8 Å². The van der Waals surface area contributed by atoms with Gasteiger partial charge in [-0.2, -0.15) is 5.10 Å². The summed E-state index contributed by atoms with van der Waals surface area (Å²) in [7, 11) is 0. The number of hydrogen-bond donors (Lipinski definition) is 1. The summed E-state index contributed by atoms with van der Waals surface area (Å²) >= 11 is 19.9. The molecule has 4 nitrogen and oxygen atoms in total. The average molecular weight is 434 g/mol. The Morgan fingerprint density at radius 3 is 2.44 bits per heavy atom. The fourth-order valence-electron chi connectivity index (χ4n) is 2.59. The summed E-state index contributed by atoms with van der Waals surface area (Å²) in [4.78, 5) is 9.55. The highest BCUT2D eigenvalue weighted by atomic mass is 35.5. The van der Waals surface area contributed by atoms with E-state index < -0.39 is 0 Å². The molecule has 0 spiro atoms. The first-order valence-corrected chi connectivity index (χ1v) is 9.86. The molecule has 0 radical (unpaired) electrons. The van der Waals surface area contributed by atoms with Gasteiger partial charge in [0.15, 0.2) is 5.82 Å². The van der Waals surface area contributed by atoms with Crippen LogP contribution in [0.5, 0.6) is 0 Å². The average Bonchev–Trinajstić information content (AvgIpc) is 3.10. The van der Waals surface area contributed by atoms with E-state index in [1.807, 2.05) is 29.6 Å². The smallest absolute Gasteiger partial charge is 0.159 e. The number of halogens is 3. The van der Waals surface area contributed by atoms with Crippen molar-refractivity contribution in [3.63, 3.8) is 0 Å². The van der Waals surface area contributed by atoms with Gasteiger partial charge in [0.2, 0.25) is 0 Å². The molecule has 0 atom stereocenters. The number of aromatic nitrogens is 2. The maximum Gasteiger partial charge on any atom is 0.159 e. The first-order chi connectivity index (χ1) is 13.1. The molecule has 27 heavy (non-hydrogen) atoms. The van der Waals surface area contributed by atoms with Gasteiger partial charge in [0.25, 0.3) is 0 Å². The lowest BCUT2D eigenvalue weighted by Crippen LogP contribution is -1.96. The zero-order valence-corrected chi connectivity index (χ0v) is 16.7. The van der Waals surface area contributed by atoms with Crippen LogP contribution in [0.3, 0.4) is 0 Å². The Hall–Kier alpha value is -2.18. The molecule has 4 rings (SSSR count). The standard InChI is InChI=1S/C19H11Cl3N4S/c20-12-6-4-11(5-7-12)14-9-27-19-17(14)18(23-10-24-19)26-25-8-13-15(21)2-1-3-16(13)22/h1-10H,(H,23,24,26)/b25-8+. The van der Waals surface area contributed by atoms with Gasteiger partial charge < -0.3 is 0 Å². The van der Waals surface area contributed by atoms with Gasteiger partial charge in [-0.3, -0.25) is 5.43 Å². The number of benzene rings is 2. The van der Waals surface area contributed by atoms with Crippen LogP contribution in [-0.4, -0.2) is 16.2 Å². The van der Waals surface area contributed by atoms with E-state index >= 15 is 0 Å². The molecule has 4 aromatic rings. The molecule has 2 aromatic carbocycles. The number of nitrogens with one attached hydrogen (secondary N) is 1. The van der Waals surface area contributed by atoms with E-state index in [-0.39, 0.29) is 0 Å². The number of thiophene rings is 1. The number of fused-ring (bicyclic) bond motifs is 1. The van der Waals surface area contributed by atoms with Crippen molar-refractivity contribution in [1.29, 1.82) is 0 Å². The van der Waals surface area contributed by atoms with E-state index in [9.17, 15) is 0 Å². The molecule has 0 unspecified atom stereocenters. The van der Waals surface area contributed by atoms with Crippen LogP contribution < -0.4 is 5.43 Å². The number of rotatable bonds is 4. The van der Waals surface area contributed by atoms with Crippen molar-refractivity contribution in [3.05, 3.63) is 74.8 Å². The van der Waals surface area contributed by atoms with Crippen LogP contribution in [0.15, 0.2) is 59.3 Å². The van der Waals surface area contributed by atoms with Crippen LogP contribution in [0.4, 0.5) is 5.82 Å². The molecule has 2 heterocycles. The van der Waals surface area contributed by atoms with Gasteiger partial charge in [0.05, 0.1) is 21.6 Å². The largest absolute Gasteiger partial charge is 0.261 e. The Balaban J connectivity index is 1.71. The van der Waals surface area contributed by atoms with E-state index in [1.54, 1.807) is 35.8 Å². The van der Waals surface area contributed by atoms with Crippen LogP contribution in [-0.2, 0) is 0 Å². The highest BCUT2D eigenvalue weighted by molar-refractivity contribution is 7.17. The molecule has 0 aliphatic heterocycles. The second kappa shape index (κ2) is 7.82. The molecular weight excluding hydrogens is 423 g/mol. The molecular formula is C19H11Cl3N4S. The third-order valence-corrected chi connectivity index (χ3v) is 5.69. The fraction of sp³-hybridized carbons (Fsp3) is 0. The molecule has 0 aliphatic carbocycles. The van der Waals surface area contributed by atoms with Crippen LogP contribution in [0.1, 0.15) is 5.56 Å². The van der Waals surface area contributed by atoms with Gasteiger partial charge in [0.1, 0.15) is 11.2 Å². The van der Waals surface area contributed by atoms with E-state index in [0.29, 0.717) is 26.4 Å². The quantitative estimate of drug-likeness (QED) is 0.285. The van der Waals surface area contributed by atoms with Gasteiger partial charge in [0, 0.05) is 21.5 Å². The molecule has 0 amide bonds. The Bertz CT molecular complexity index is 1120. The van der Waals surface area contributed by atoms with Crippen molar-refractivity contribution in [2.24, 2.45) is 5.10 Å². The molecule has 134 valence electrons. The number of hydrogen-bond acceptors (Lipinski definition) is 5. The predicted molar refractivity (Wildman–Crippen MR) is 116 cm³/mol. The second-order valence-electron chi connectivity index (χ2n) is 5.56. The summed E-state index contributed by atoms with van der Waals surface area (Å²) in [6.07, 6.45) is 3.08. The Labute approximate surface area is 174 Å². The Morgan fingerprint density at radius 1 is 0.963 bits per heavy atom. The van der Waals surface area contributed by atoms with Gasteiger partial charge in [-0.1, -0.05) is 53.0 Å². The Kier molecular flexibility index (Phi) is 5.27. The van der Waals surface area contributed by atoms with Crippen molar-refractivity contribution in [2.75, 3.05) is 5.43 Å². The minimum Gasteiger partial charge on any atom is -0.261 e. The highest BCUT2D eigenvalue weighted by Crippen LogP contribution is 2.36. The normalized spacial score (nSPS) is 11.4. The summed E-state index contributed by atoms with van der Waals surface area (Å²) in [5.74, 6) is 0.602. The molecule has 1 N–H and O–H groups in total. The van der Waals surface area contributed by atoms with Crippen molar-refractivity contribution in [2.45, 2.75) is 0 Å². The van der Waals surface area contributed by atoms with Crippen LogP contribution >= 0.6 is 46.1 Å². The second-order valence-corrected chi connectivity index (χ2v) is 7.67. The van der Waals surface area contributed by atoms with E-state index in [1.165, 1.54) is 6.33 Å². The van der Waals surface area contributed by atoms with Crippen molar-refractivity contribution in [3.8, 4) is 11.1 Å².